The van der Waals surface area contributed by atoms with Gasteiger partial charge in [0.2, 0.25) is 0 Å². The first-order valence-corrected chi connectivity index (χ1v) is 4.34. The Bertz CT molecular complexity index is 119. The number of rotatable bonds is 2. The van der Waals surface area contributed by atoms with Crippen molar-refractivity contribution in [2.45, 2.75) is 44.4 Å². The molecule has 2 heteroatoms. The first-order chi connectivity index (χ1) is 5.17. The molecule has 11 heavy (non-hydrogen) atoms. The molecule has 1 rings (SSSR count). The summed E-state index contributed by atoms with van der Waals surface area (Å²) < 4.78 is 26.1. The van der Waals surface area contributed by atoms with E-state index in [2.05, 4.69) is 6.92 Å². The molecule has 1 radical (unpaired) electrons. The van der Waals surface area contributed by atoms with Crippen LogP contribution in [0.15, 0.2) is 0 Å². The van der Waals surface area contributed by atoms with Gasteiger partial charge in [0.25, 0.3) is 5.92 Å². The number of halogens is 2. The topological polar surface area (TPSA) is 0 Å². The fourth-order valence-electron chi connectivity index (χ4n) is 1.77. The summed E-state index contributed by atoms with van der Waals surface area (Å²) in [6.07, 6.45) is 3.69. The zero-order valence-corrected chi connectivity index (χ0v) is 6.78. The van der Waals surface area contributed by atoms with Crippen LogP contribution < -0.4 is 0 Å². The number of hydrogen-bond donors (Lipinski definition) is 0. The molecule has 0 saturated heterocycles. The van der Waals surface area contributed by atoms with E-state index in [0.717, 1.165) is 6.42 Å². The summed E-state index contributed by atoms with van der Waals surface area (Å²) in [7, 11) is 0. The van der Waals surface area contributed by atoms with Crippen LogP contribution in [0.1, 0.15) is 38.5 Å². The molecule has 0 aromatic rings. The fourth-order valence-corrected chi connectivity index (χ4v) is 1.77. The normalized spacial score (nSPS) is 30.3. The maximum absolute atomic E-state index is 13.0. The van der Waals surface area contributed by atoms with Crippen LogP contribution in [-0.2, 0) is 0 Å². The Morgan fingerprint density at radius 1 is 1.36 bits per heavy atom. The summed E-state index contributed by atoms with van der Waals surface area (Å²) in [5, 5.41) is 0. The largest absolute Gasteiger partial charge is 0.250 e. The van der Waals surface area contributed by atoms with Crippen LogP contribution in [0.4, 0.5) is 8.78 Å². The Labute approximate surface area is 67.0 Å². The molecule has 0 aromatic carbocycles. The number of hydrogen-bond acceptors (Lipinski definition) is 0. The van der Waals surface area contributed by atoms with Crippen molar-refractivity contribution in [2.24, 2.45) is 5.92 Å². The van der Waals surface area contributed by atoms with Gasteiger partial charge in [0.1, 0.15) is 0 Å². The van der Waals surface area contributed by atoms with Gasteiger partial charge in [-0.15, -0.1) is 0 Å². The summed E-state index contributed by atoms with van der Waals surface area (Å²) in [6.45, 7) is 3.61. The molecule has 0 nitrogen and oxygen atoms in total. The third kappa shape index (κ3) is 2.14. The molecule has 1 aliphatic rings. The minimum Gasteiger partial charge on any atom is -0.207 e. The molecule has 1 unspecified atom stereocenters. The average molecular weight is 161 g/mol. The Balaban J connectivity index is 2.45. The lowest BCUT2D eigenvalue weighted by atomic mass is 9.83. The lowest BCUT2D eigenvalue weighted by Crippen LogP contribution is -2.31. The third-order valence-electron chi connectivity index (χ3n) is 2.46. The van der Waals surface area contributed by atoms with Gasteiger partial charge in [0.05, 0.1) is 0 Å². The minimum atomic E-state index is -2.39. The van der Waals surface area contributed by atoms with Crippen LogP contribution in [0.25, 0.3) is 0 Å². The lowest BCUT2D eigenvalue weighted by molar-refractivity contribution is -0.0878. The molecule has 0 aliphatic heterocycles. The van der Waals surface area contributed by atoms with Gasteiger partial charge in [0.15, 0.2) is 0 Å². The highest BCUT2D eigenvalue weighted by molar-refractivity contribution is 4.81. The summed E-state index contributed by atoms with van der Waals surface area (Å²) in [5.74, 6) is -2.77. The molecule has 0 heterocycles. The van der Waals surface area contributed by atoms with Crippen molar-refractivity contribution < 1.29 is 8.78 Å². The predicted molar refractivity (Wildman–Crippen MR) is 41.5 cm³/mol. The van der Waals surface area contributed by atoms with Gasteiger partial charge in [-0.2, -0.15) is 0 Å². The molecule has 1 saturated carbocycles. The van der Waals surface area contributed by atoms with Crippen LogP contribution in [0.3, 0.4) is 0 Å². The minimum absolute atomic E-state index is 0.0949. The zero-order chi connectivity index (χ0) is 8.32. The summed E-state index contributed by atoms with van der Waals surface area (Å²) in [5.41, 5.74) is 0. The Kier molecular flexibility index (Phi) is 2.85. The fraction of sp³-hybridized carbons (Fsp3) is 0.889. The van der Waals surface area contributed by atoms with E-state index in [-0.39, 0.29) is 12.3 Å². The van der Waals surface area contributed by atoms with Crippen molar-refractivity contribution in [1.82, 2.24) is 0 Å². The van der Waals surface area contributed by atoms with Gasteiger partial charge < -0.3 is 0 Å². The maximum Gasteiger partial charge on any atom is 0.250 e. The molecule has 0 spiro atoms. The van der Waals surface area contributed by atoms with E-state index < -0.39 is 5.92 Å². The first kappa shape index (κ1) is 8.95. The maximum atomic E-state index is 13.0. The van der Waals surface area contributed by atoms with Gasteiger partial charge in [-0.3, -0.25) is 0 Å². The van der Waals surface area contributed by atoms with E-state index in [1.807, 2.05) is 0 Å². The lowest BCUT2D eigenvalue weighted by Gasteiger charge is -2.30. The molecular weight excluding hydrogens is 146 g/mol. The SMILES string of the molecule is [CH2]CCC1CCCCC1(F)F. The highest BCUT2D eigenvalue weighted by Gasteiger charge is 2.40. The molecule has 0 N–H and O–H groups in total. The van der Waals surface area contributed by atoms with Crippen LogP contribution in [-0.4, -0.2) is 5.92 Å². The van der Waals surface area contributed by atoms with Crippen molar-refractivity contribution >= 4 is 0 Å². The van der Waals surface area contributed by atoms with Gasteiger partial charge in [-0.1, -0.05) is 19.8 Å². The standard InChI is InChI=1S/C9H15F2/c1-2-5-8-6-3-4-7-9(8,10)11/h8H,1-7H2. The summed E-state index contributed by atoms with van der Waals surface area (Å²) in [6, 6.07) is 0. The van der Waals surface area contributed by atoms with Crippen LogP contribution in [0.2, 0.25) is 0 Å². The van der Waals surface area contributed by atoms with E-state index in [0.29, 0.717) is 25.7 Å². The van der Waals surface area contributed by atoms with E-state index in [9.17, 15) is 8.78 Å². The van der Waals surface area contributed by atoms with Gasteiger partial charge in [-0.05, 0) is 19.3 Å². The summed E-state index contributed by atoms with van der Waals surface area (Å²) in [4.78, 5) is 0. The van der Waals surface area contributed by atoms with Crippen LogP contribution in [0.5, 0.6) is 0 Å². The molecule has 65 valence electrons. The molecule has 0 amide bonds. The second-order valence-corrected chi connectivity index (χ2v) is 3.35. The monoisotopic (exact) mass is 161 g/mol. The van der Waals surface area contributed by atoms with Gasteiger partial charge >= 0.3 is 0 Å². The van der Waals surface area contributed by atoms with E-state index in [4.69, 9.17) is 0 Å². The van der Waals surface area contributed by atoms with Crippen molar-refractivity contribution in [3.8, 4) is 0 Å². The Morgan fingerprint density at radius 3 is 2.64 bits per heavy atom. The van der Waals surface area contributed by atoms with Crippen LogP contribution >= 0.6 is 0 Å². The highest BCUT2D eigenvalue weighted by atomic mass is 19.3. The average Bonchev–Trinajstić information content (AvgIpc) is 1.94. The zero-order valence-electron chi connectivity index (χ0n) is 6.78. The van der Waals surface area contributed by atoms with Crippen molar-refractivity contribution in [3.05, 3.63) is 6.92 Å². The molecule has 0 bridgehead atoms. The van der Waals surface area contributed by atoms with Crippen molar-refractivity contribution in [1.29, 1.82) is 0 Å². The second-order valence-electron chi connectivity index (χ2n) is 3.35. The van der Waals surface area contributed by atoms with E-state index >= 15 is 0 Å². The molecule has 1 fully saturated rings. The molecular formula is C9H15F2. The Hall–Kier alpha value is -0.140. The highest BCUT2D eigenvalue weighted by Crippen LogP contribution is 2.40. The molecule has 1 atom stereocenters. The van der Waals surface area contributed by atoms with Gasteiger partial charge in [-0.25, -0.2) is 8.78 Å². The van der Waals surface area contributed by atoms with Crippen molar-refractivity contribution in [2.75, 3.05) is 0 Å². The third-order valence-corrected chi connectivity index (χ3v) is 2.46. The van der Waals surface area contributed by atoms with Crippen molar-refractivity contribution in [3.63, 3.8) is 0 Å². The summed E-state index contributed by atoms with van der Waals surface area (Å²) >= 11 is 0. The first-order valence-electron chi connectivity index (χ1n) is 4.34. The van der Waals surface area contributed by atoms with Crippen LogP contribution in [0, 0.1) is 12.8 Å². The van der Waals surface area contributed by atoms with E-state index in [1.54, 1.807) is 0 Å². The molecule has 0 aromatic heterocycles. The van der Waals surface area contributed by atoms with Gasteiger partial charge in [0, 0.05) is 12.3 Å². The van der Waals surface area contributed by atoms with E-state index in [1.165, 1.54) is 0 Å². The molecule has 1 aliphatic carbocycles. The smallest absolute Gasteiger partial charge is 0.207 e. The number of alkyl halides is 2. The second kappa shape index (κ2) is 3.51. The predicted octanol–water partition coefficient (Wildman–Crippen LogP) is 3.43. The quantitative estimate of drug-likeness (QED) is 0.582. The Morgan fingerprint density at radius 2 is 2.09 bits per heavy atom.